The van der Waals surface area contributed by atoms with Gasteiger partial charge in [0.05, 0.1) is 24.5 Å². The Morgan fingerprint density at radius 1 is 1.18 bits per heavy atom. The highest BCUT2D eigenvalue weighted by atomic mass is 19.1. The third-order valence-electron chi connectivity index (χ3n) is 7.61. The number of fused-ring (bicyclic) bond motifs is 1. The maximum Gasteiger partial charge on any atom is 0.242 e. The Labute approximate surface area is 235 Å². The van der Waals surface area contributed by atoms with Crippen LogP contribution in [0, 0.1) is 11.6 Å². The van der Waals surface area contributed by atoms with E-state index < -0.39 is 17.7 Å². The van der Waals surface area contributed by atoms with Crippen molar-refractivity contribution in [1.82, 2.24) is 20.2 Å². The predicted molar refractivity (Wildman–Crippen MR) is 153 cm³/mol. The SMILES string of the molecule is CCCCC(CO)NCc1ccccc1-n1cnc(NC(=O)[C@H](CCC)N[C@H]2CCc3cc(F)cc(F)c3C2)c1. The Balaban J connectivity index is 1.40. The number of rotatable bonds is 14. The molecule has 2 aromatic carbocycles. The molecular formula is C31H41F2N5O2. The van der Waals surface area contributed by atoms with Gasteiger partial charge in [-0.2, -0.15) is 0 Å². The summed E-state index contributed by atoms with van der Waals surface area (Å²) in [4.78, 5) is 17.7. The number of aryl methyl sites for hydroxylation is 1. The van der Waals surface area contributed by atoms with Crippen molar-refractivity contribution in [2.75, 3.05) is 11.9 Å². The van der Waals surface area contributed by atoms with Gasteiger partial charge in [0, 0.05) is 24.7 Å². The minimum absolute atomic E-state index is 0.0453. The molecule has 0 aliphatic heterocycles. The number of hydrogen-bond donors (Lipinski definition) is 4. The molecule has 0 spiro atoms. The first kappa shape index (κ1) is 29.8. The van der Waals surface area contributed by atoms with Crippen LogP contribution in [0.15, 0.2) is 48.9 Å². The second-order valence-corrected chi connectivity index (χ2v) is 10.7. The normalized spacial score (nSPS) is 16.4. The van der Waals surface area contributed by atoms with Gasteiger partial charge in [0.25, 0.3) is 0 Å². The number of nitrogens with zero attached hydrogens (tertiary/aromatic N) is 2. The molecule has 0 bridgehead atoms. The number of hydrogen-bond acceptors (Lipinski definition) is 5. The van der Waals surface area contributed by atoms with Crippen LogP contribution in [-0.4, -0.2) is 45.3 Å². The van der Waals surface area contributed by atoms with Gasteiger partial charge in [-0.3, -0.25) is 4.79 Å². The Morgan fingerprint density at radius 3 is 2.77 bits per heavy atom. The highest BCUT2D eigenvalue weighted by Gasteiger charge is 2.27. The zero-order valence-corrected chi connectivity index (χ0v) is 23.4. The lowest BCUT2D eigenvalue weighted by molar-refractivity contribution is -0.118. The first-order valence-electron chi connectivity index (χ1n) is 14.4. The summed E-state index contributed by atoms with van der Waals surface area (Å²) < 4.78 is 29.9. The van der Waals surface area contributed by atoms with E-state index >= 15 is 0 Å². The van der Waals surface area contributed by atoms with Gasteiger partial charge in [-0.15, -0.1) is 0 Å². The molecule has 0 saturated heterocycles. The summed E-state index contributed by atoms with van der Waals surface area (Å²) in [6.45, 7) is 4.85. The molecule has 1 aromatic heterocycles. The zero-order chi connectivity index (χ0) is 28.5. The van der Waals surface area contributed by atoms with E-state index in [-0.39, 0.29) is 24.6 Å². The largest absolute Gasteiger partial charge is 0.395 e. The third-order valence-corrected chi connectivity index (χ3v) is 7.61. The third kappa shape index (κ3) is 7.74. The van der Waals surface area contributed by atoms with Crippen LogP contribution < -0.4 is 16.0 Å². The van der Waals surface area contributed by atoms with E-state index in [4.69, 9.17) is 0 Å². The summed E-state index contributed by atoms with van der Waals surface area (Å²) >= 11 is 0. The van der Waals surface area contributed by atoms with E-state index in [1.165, 1.54) is 6.07 Å². The molecule has 4 rings (SSSR count). The van der Waals surface area contributed by atoms with Crippen LogP contribution >= 0.6 is 0 Å². The molecule has 216 valence electrons. The molecule has 4 N–H and O–H groups in total. The fourth-order valence-electron chi connectivity index (χ4n) is 5.40. The number of aliphatic hydroxyl groups is 1. The smallest absolute Gasteiger partial charge is 0.242 e. The van der Waals surface area contributed by atoms with Crippen molar-refractivity contribution in [3.63, 3.8) is 0 Å². The molecule has 1 heterocycles. The van der Waals surface area contributed by atoms with Crippen LogP contribution in [0.5, 0.6) is 0 Å². The number of nitrogens with one attached hydrogen (secondary N) is 3. The van der Waals surface area contributed by atoms with Gasteiger partial charge in [-0.25, -0.2) is 13.8 Å². The lowest BCUT2D eigenvalue weighted by Crippen LogP contribution is -2.48. The lowest BCUT2D eigenvalue weighted by Gasteiger charge is -2.29. The van der Waals surface area contributed by atoms with Crippen molar-refractivity contribution in [3.05, 3.63) is 77.2 Å². The van der Waals surface area contributed by atoms with Gasteiger partial charge in [0.15, 0.2) is 5.82 Å². The van der Waals surface area contributed by atoms with Gasteiger partial charge in [0.2, 0.25) is 5.91 Å². The quantitative estimate of drug-likeness (QED) is 0.224. The summed E-state index contributed by atoms with van der Waals surface area (Å²) in [5, 5.41) is 19.5. The number of amides is 1. The molecule has 3 aromatic rings. The topological polar surface area (TPSA) is 91.2 Å². The summed E-state index contributed by atoms with van der Waals surface area (Å²) in [7, 11) is 0. The molecule has 1 amide bonds. The lowest BCUT2D eigenvalue weighted by atomic mass is 9.87. The van der Waals surface area contributed by atoms with E-state index in [2.05, 4.69) is 27.9 Å². The van der Waals surface area contributed by atoms with Crippen LogP contribution in [0.4, 0.5) is 14.6 Å². The summed E-state index contributed by atoms with van der Waals surface area (Å²) in [6, 6.07) is 9.82. The molecule has 9 heteroatoms. The van der Waals surface area contributed by atoms with E-state index in [0.717, 1.165) is 43.0 Å². The summed E-state index contributed by atoms with van der Waals surface area (Å²) in [5.74, 6) is -0.811. The molecule has 1 aliphatic rings. The van der Waals surface area contributed by atoms with Crippen molar-refractivity contribution in [1.29, 1.82) is 0 Å². The molecule has 0 radical (unpaired) electrons. The molecule has 1 unspecified atom stereocenters. The van der Waals surface area contributed by atoms with E-state index in [1.54, 1.807) is 12.5 Å². The number of halogens is 2. The van der Waals surface area contributed by atoms with Gasteiger partial charge in [-0.05, 0) is 60.9 Å². The van der Waals surface area contributed by atoms with Crippen molar-refractivity contribution >= 4 is 11.7 Å². The average molecular weight is 554 g/mol. The molecular weight excluding hydrogens is 512 g/mol. The molecule has 0 saturated carbocycles. The molecule has 7 nitrogen and oxygen atoms in total. The van der Waals surface area contributed by atoms with Gasteiger partial charge in [0.1, 0.15) is 18.0 Å². The second-order valence-electron chi connectivity index (χ2n) is 10.7. The Hall–Kier alpha value is -3.14. The highest BCUT2D eigenvalue weighted by molar-refractivity contribution is 5.94. The van der Waals surface area contributed by atoms with Crippen molar-refractivity contribution in [2.45, 2.75) is 89.9 Å². The number of unbranched alkanes of at least 4 members (excludes halogenated alkanes) is 1. The van der Waals surface area contributed by atoms with E-state index in [0.29, 0.717) is 49.2 Å². The van der Waals surface area contributed by atoms with Crippen LogP contribution in [0.25, 0.3) is 5.69 Å². The standard InChI is InChI=1S/C31H41F2N5O2/c1-3-5-10-25(19-39)34-17-22-9-6-7-11-29(22)38-18-30(35-20-38)37-31(40)28(8-4-2)36-24-13-12-21-14-23(32)15-27(33)26(21)16-24/h6-7,9,11,14-15,18,20,24-25,28,34,36,39H,3-5,8,10,12-13,16-17,19H2,1-2H3,(H,37,40)/t24-,25?,28-/m0/s1. The number of anilines is 1. The van der Waals surface area contributed by atoms with Crippen LogP contribution in [0.3, 0.4) is 0 Å². The number of imidazole rings is 1. The second kappa shape index (κ2) is 14.5. The zero-order valence-electron chi connectivity index (χ0n) is 23.4. The molecule has 1 aliphatic carbocycles. The fraction of sp³-hybridized carbons (Fsp3) is 0.484. The minimum atomic E-state index is -0.550. The summed E-state index contributed by atoms with van der Waals surface area (Å²) in [5.41, 5.74) is 3.24. The van der Waals surface area contributed by atoms with E-state index in [9.17, 15) is 18.7 Å². The number of carbonyl (C=O) groups excluding carboxylic acids is 1. The predicted octanol–water partition coefficient (Wildman–Crippen LogP) is 5.05. The van der Waals surface area contributed by atoms with Gasteiger partial charge < -0.3 is 25.6 Å². The van der Waals surface area contributed by atoms with Crippen molar-refractivity contribution < 1.29 is 18.7 Å². The number of benzene rings is 2. The fourth-order valence-corrected chi connectivity index (χ4v) is 5.40. The number of aliphatic hydroxyl groups excluding tert-OH is 1. The maximum atomic E-state index is 14.4. The monoisotopic (exact) mass is 553 g/mol. The molecule has 3 atom stereocenters. The Kier molecular flexibility index (Phi) is 10.8. The first-order chi connectivity index (χ1) is 19.4. The Bertz CT molecular complexity index is 1260. The summed E-state index contributed by atoms with van der Waals surface area (Å²) in [6.07, 6.45) is 9.66. The van der Waals surface area contributed by atoms with Crippen molar-refractivity contribution in [2.24, 2.45) is 0 Å². The maximum absolute atomic E-state index is 14.4. The van der Waals surface area contributed by atoms with Gasteiger partial charge >= 0.3 is 0 Å². The number of carbonyl (C=O) groups is 1. The van der Waals surface area contributed by atoms with Crippen molar-refractivity contribution in [3.8, 4) is 5.69 Å². The minimum Gasteiger partial charge on any atom is -0.395 e. The van der Waals surface area contributed by atoms with Crippen LogP contribution in [0.2, 0.25) is 0 Å². The molecule has 0 fully saturated rings. The Morgan fingerprint density at radius 2 is 2.00 bits per heavy atom. The van der Waals surface area contributed by atoms with Crippen LogP contribution in [-0.2, 0) is 24.2 Å². The first-order valence-corrected chi connectivity index (χ1v) is 14.4. The number of aromatic nitrogens is 2. The molecule has 40 heavy (non-hydrogen) atoms. The number of para-hydroxylation sites is 1. The average Bonchev–Trinajstić information content (AvgIpc) is 3.41. The highest BCUT2D eigenvalue weighted by Crippen LogP contribution is 2.26. The van der Waals surface area contributed by atoms with Crippen LogP contribution in [0.1, 0.15) is 69.1 Å². The van der Waals surface area contributed by atoms with E-state index in [1.807, 2.05) is 35.8 Å². The van der Waals surface area contributed by atoms with Gasteiger partial charge in [-0.1, -0.05) is 51.3 Å².